The Balaban J connectivity index is 1.81. The molecule has 0 spiro atoms. The molecule has 0 aromatic carbocycles. The van der Waals surface area contributed by atoms with E-state index in [9.17, 15) is 13.2 Å². The van der Waals surface area contributed by atoms with Crippen molar-refractivity contribution in [3.63, 3.8) is 0 Å². The summed E-state index contributed by atoms with van der Waals surface area (Å²) >= 11 is 0. The van der Waals surface area contributed by atoms with E-state index in [0.717, 1.165) is 29.9 Å². The highest BCUT2D eigenvalue weighted by Crippen LogP contribution is 2.30. The standard InChI is InChI=1S/C13H11F3N4/c14-13(15,16)10-1-2-12(18-6-10)20-4-3-11-9(7-20)5-17-8-19-11/h1-2,5-6,8H,3-4,7H2. The highest BCUT2D eigenvalue weighted by molar-refractivity contribution is 5.43. The molecule has 0 fully saturated rings. The molecule has 0 amide bonds. The number of pyridine rings is 1. The monoisotopic (exact) mass is 280 g/mol. The number of rotatable bonds is 1. The largest absolute Gasteiger partial charge is 0.417 e. The average molecular weight is 280 g/mol. The van der Waals surface area contributed by atoms with Crippen molar-refractivity contribution in [2.75, 3.05) is 11.4 Å². The van der Waals surface area contributed by atoms with Crippen LogP contribution in [0.3, 0.4) is 0 Å². The molecular formula is C13H11F3N4. The SMILES string of the molecule is FC(F)(F)c1ccc(N2CCc3ncncc3C2)nc1. The summed E-state index contributed by atoms with van der Waals surface area (Å²) in [7, 11) is 0. The number of alkyl halides is 3. The van der Waals surface area contributed by atoms with Crippen molar-refractivity contribution < 1.29 is 13.2 Å². The number of anilines is 1. The second-order valence-electron chi connectivity index (χ2n) is 4.57. The van der Waals surface area contributed by atoms with Crippen LogP contribution in [0.5, 0.6) is 0 Å². The van der Waals surface area contributed by atoms with Crippen molar-refractivity contribution in [3.8, 4) is 0 Å². The summed E-state index contributed by atoms with van der Waals surface area (Å²) in [6.07, 6.45) is 0.490. The van der Waals surface area contributed by atoms with Gasteiger partial charge in [-0.3, -0.25) is 0 Å². The van der Waals surface area contributed by atoms with Crippen LogP contribution in [0.15, 0.2) is 30.9 Å². The highest BCUT2D eigenvalue weighted by atomic mass is 19.4. The Hall–Kier alpha value is -2.18. The highest BCUT2D eigenvalue weighted by Gasteiger charge is 2.31. The van der Waals surface area contributed by atoms with Gasteiger partial charge in [0.05, 0.1) is 11.3 Å². The van der Waals surface area contributed by atoms with E-state index in [1.54, 1.807) is 6.20 Å². The molecule has 7 heteroatoms. The fourth-order valence-corrected chi connectivity index (χ4v) is 2.20. The van der Waals surface area contributed by atoms with E-state index in [-0.39, 0.29) is 0 Å². The lowest BCUT2D eigenvalue weighted by atomic mass is 10.1. The van der Waals surface area contributed by atoms with Gasteiger partial charge in [0.1, 0.15) is 12.1 Å². The molecule has 20 heavy (non-hydrogen) atoms. The normalized spacial score (nSPS) is 15.1. The van der Waals surface area contributed by atoms with Crippen LogP contribution in [-0.2, 0) is 19.1 Å². The third kappa shape index (κ3) is 2.43. The molecule has 2 aromatic heterocycles. The minimum Gasteiger partial charge on any atom is -0.352 e. The van der Waals surface area contributed by atoms with Crippen LogP contribution in [0.2, 0.25) is 0 Å². The molecule has 0 saturated heterocycles. The average Bonchev–Trinajstić information content (AvgIpc) is 2.46. The summed E-state index contributed by atoms with van der Waals surface area (Å²) in [4.78, 5) is 14.0. The van der Waals surface area contributed by atoms with Gasteiger partial charge in [0.2, 0.25) is 0 Å². The van der Waals surface area contributed by atoms with Crippen LogP contribution < -0.4 is 4.90 Å². The molecule has 0 unspecified atom stereocenters. The fourth-order valence-electron chi connectivity index (χ4n) is 2.20. The molecule has 3 rings (SSSR count). The maximum Gasteiger partial charge on any atom is 0.417 e. The number of hydrogen-bond acceptors (Lipinski definition) is 4. The van der Waals surface area contributed by atoms with E-state index in [4.69, 9.17) is 0 Å². The van der Waals surface area contributed by atoms with Crippen molar-refractivity contribution in [2.24, 2.45) is 0 Å². The summed E-state index contributed by atoms with van der Waals surface area (Å²) in [5.74, 6) is 0.535. The van der Waals surface area contributed by atoms with Crippen LogP contribution in [0.4, 0.5) is 19.0 Å². The van der Waals surface area contributed by atoms with E-state index in [1.807, 2.05) is 4.90 Å². The molecule has 4 nitrogen and oxygen atoms in total. The quantitative estimate of drug-likeness (QED) is 0.804. The summed E-state index contributed by atoms with van der Waals surface area (Å²) in [6.45, 7) is 1.25. The minimum atomic E-state index is -4.35. The molecule has 0 saturated carbocycles. The third-order valence-corrected chi connectivity index (χ3v) is 3.26. The molecule has 0 N–H and O–H groups in total. The van der Waals surface area contributed by atoms with E-state index in [2.05, 4.69) is 15.0 Å². The Morgan fingerprint density at radius 3 is 2.65 bits per heavy atom. The van der Waals surface area contributed by atoms with Crippen molar-refractivity contribution >= 4 is 5.82 Å². The van der Waals surface area contributed by atoms with Crippen molar-refractivity contribution in [1.82, 2.24) is 15.0 Å². The molecule has 0 atom stereocenters. The molecule has 0 radical (unpaired) electrons. The van der Waals surface area contributed by atoms with E-state index in [0.29, 0.717) is 18.9 Å². The molecule has 104 valence electrons. The zero-order valence-electron chi connectivity index (χ0n) is 10.4. The lowest BCUT2D eigenvalue weighted by Gasteiger charge is -2.28. The van der Waals surface area contributed by atoms with E-state index < -0.39 is 11.7 Å². The van der Waals surface area contributed by atoms with Crippen molar-refractivity contribution in [3.05, 3.63) is 47.7 Å². The number of fused-ring (bicyclic) bond motifs is 1. The van der Waals surface area contributed by atoms with E-state index >= 15 is 0 Å². The first-order valence-corrected chi connectivity index (χ1v) is 6.10. The first-order valence-electron chi connectivity index (χ1n) is 6.10. The predicted molar refractivity (Wildman–Crippen MR) is 66.0 cm³/mol. The smallest absolute Gasteiger partial charge is 0.352 e. The first kappa shape index (κ1) is 12.8. The number of nitrogens with zero attached hydrogens (tertiary/aromatic N) is 4. The Labute approximate surface area is 113 Å². The van der Waals surface area contributed by atoms with Gasteiger partial charge in [-0.05, 0) is 12.1 Å². The van der Waals surface area contributed by atoms with Crippen molar-refractivity contribution in [2.45, 2.75) is 19.1 Å². The maximum absolute atomic E-state index is 12.5. The summed E-state index contributed by atoms with van der Waals surface area (Å²) in [6, 6.07) is 2.46. The zero-order chi connectivity index (χ0) is 14.2. The zero-order valence-corrected chi connectivity index (χ0v) is 10.4. The molecule has 0 aliphatic carbocycles. The third-order valence-electron chi connectivity index (χ3n) is 3.26. The summed E-state index contributed by atoms with van der Waals surface area (Å²) in [5, 5.41) is 0. The Morgan fingerprint density at radius 2 is 1.95 bits per heavy atom. The molecular weight excluding hydrogens is 269 g/mol. The van der Waals surface area contributed by atoms with Gasteiger partial charge in [-0.2, -0.15) is 13.2 Å². The van der Waals surface area contributed by atoms with Crippen LogP contribution in [-0.4, -0.2) is 21.5 Å². The molecule has 1 aliphatic rings. The molecule has 3 heterocycles. The van der Waals surface area contributed by atoms with Crippen molar-refractivity contribution in [1.29, 1.82) is 0 Å². The molecule has 1 aliphatic heterocycles. The topological polar surface area (TPSA) is 41.9 Å². The van der Waals surface area contributed by atoms with Crippen LogP contribution in [0, 0.1) is 0 Å². The maximum atomic E-state index is 12.5. The Bertz CT molecular complexity index is 610. The van der Waals surface area contributed by atoms with Crippen LogP contribution in [0.1, 0.15) is 16.8 Å². The first-order chi connectivity index (χ1) is 9.54. The van der Waals surface area contributed by atoms with Gasteiger partial charge in [0, 0.05) is 37.5 Å². The number of halogens is 3. The Morgan fingerprint density at radius 1 is 1.10 bits per heavy atom. The lowest BCUT2D eigenvalue weighted by molar-refractivity contribution is -0.137. The minimum absolute atomic E-state index is 0.535. The number of hydrogen-bond donors (Lipinski definition) is 0. The lowest BCUT2D eigenvalue weighted by Crippen LogP contribution is -2.31. The van der Waals surface area contributed by atoms with Gasteiger partial charge in [0.15, 0.2) is 0 Å². The summed E-state index contributed by atoms with van der Waals surface area (Å²) < 4.78 is 37.5. The van der Waals surface area contributed by atoms with Gasteiger partial charge < -0.3 is 4.90 Å². The Kier molecular flexibility index (Phi) is 3.04. The van der Waals surface area contributed by atoms with Crippen LogP contribution >= 0.6 is 0 Å². The van der Waals surface area contributed by atoms with Gasteiger partial charge in [-0.1, -0.05) is 0 Å². The van der Waals surface area contributed by atoms with Gasteiger partial charge in [-0.25, -0.2) is 15.0 Å². The second kappa shape index (κ2) is 4.73. The fraction of sp³-hybridized carbons (Fsp3) is 0.308. The van der Waals surface area contributed by atoms with Crippen LogP contribution in [0.25, 0.3) is 0 Å². The predicted octanol–water partition coefficient (Wildman–Crippen LogP) is 2.45. The number of aromatic nitrogens is 3. The summed E-state index contributed by atoms with van der Waals surface area (Å²) in [5.41, 5.74) is 1.24. The second-order valence-corrected chi connectivity index (χ2v) is 4.57. The van der Waals surface area contributed by atoms with Gasteiger partial charge in [-0.15, -0.1) is 0 Å². The van der Waals surface area contributed by atoms with Gasteiger partial charge in [0.25, 0.3) is 0 Å². The van der Waals surface area contributed by atoms with Gasteiger partial charge >= 0.3 is 6.18 Å². The molecule has 2 aromatic rings. The van der Waals surface area contributed by atoms with E-state index in [1.165, 1.54) is 12.4 Å². The molecule has 0 bridgehead atoms.